The standard InChI is InChI=1S/C15H21N3S2/c1-8-9(2)20-13(7-19-8)15-17-12-6-16-5-11(12)14(18-15)10-3-4-10/h8-10,13,16H,3-7H2,1-2H3. The van der Waals surface area contributed by atoms with Crippen molar-refractivity contribution in [2.45, 2.75) is 61.4 Å². The van der Waals surface area contributed by atoms with Gasteiger partial charge >= 0.3 is 0 Å². The molecule has 3 aliphatic rings. The summed E-state index contributed by atoms with van der Waals surface area (Å²) in [7, 11) is 0. The Kier molecular flexibility index (Phi) is 3.47. The van der Waals surface area contributed by atoms with Crippen LogP contribution in [0.5, 0.6) is 0 Å². The van der Waals surface area contributed by atoms with Gasteiger partial charge in [0.1, 0.15) is 5.82 Å². The van der Waals surface area contributed by atoms with Crippen LogP contribution in [-0.4, -0.2) is 26.2 Å². The molecule has 1 N–H and O–H groups in total. The molecular formula is C15H21N3S2. The van der Waals surface area contributed by atoms with Crippen LogP contribution in [0.2, 0.25) is 0 Å². The second-order valence-electron chi connectivity index (χ2n) is 6.14. The number of aromatic nitrogens is 2. The van der Waals surface area contributed by atoms with Gasteiger partial charge in [0.05, 0.1) is 16.6 Å². The van der Waals surface area contributed by atoms with E-state index in [1.54, 1.807) is 0 Å². The zero-order valence-electron chi connectivity index (χ0n) is 12.1. The number of rotatable bonds is 2. The Bertz CT molecular complexity index is 530. The molecule has 2 aliphatic heterocycles. The van der Waals surface area contributed by atoms with Gasteiger partial charge in [0.2, 0.25) is 0 Å². The summed E-state index contributed by atoms with van der Waals surface area (Å²) in [5.74, 6) is 2.99. The number of hydrogen-bond donors (Lipinski definition) is 1. The molecule has 3 nitrogen and oxygen atoms in total. The van der Waals surface area contributed by atoms with Crippen molar-refractivity contribution in [1.82, 2.24) is 15.3 Å². The average molecular weight is 307 g/mol. The Labute approximate surface area is 129 Å². The average Bonchev–Trinajstić information content (AvgIpc) is 3.18. The summed E-state index contributed by atoms with van der Waals surface area (Å²) in [5.41, 5.74) is 4.05. The van der Waals surface area contributed by atoms with Crippen molar-refractivity contribution in [3.8, 4) is 0 Å². The molecule has 20 heavy (non-hydrogen) atoms. The molecule has 1 saturated carbocycles. The van der Waals surface area contributed by atoms with Crippen molar-refractivity contribution in [2.24, 2.45) is 0 Å². The molecule has 3 heterocycles. The van der Waals surface area contributed by atoms with Gasteiger partial charge in [-0.2, -0.15) is 11.8 Å². The highest BCUT2D eigenvalue weighted by Crippen LogP contribution is 2.46. The van der Waals surface area contributed by atoms with Gasteiger partial charge in [-0.25, -0.2) is 9.97 Å². The Hall–Kier alpha value is -0.260. The molecule has 1 saturated heterocycles. The van der Waals surface area contributed by atoms with E-state index in [0.717, 1.165) is 35.8 Å². The number of thioether (sulfide) groups is 2. The Balaban J connectivity index is 1.66. The van der Waals surface area contributed by atoms with Crippen LogP contribution in [-0.2, 0) is 13.1 Å². The summed E-state index contributed by atoms with van der Waals surface area (Å²) in [5, 5.41) is 5.36. The first-order valence-corrected chi connectivity index (χ1v) is 9.59. The maximum Gasteiger partial charge on any atom is 0.142 e. The van der Waals surface area contributed by atoms with Crippen molar-refractivity contribution in [2.75, 3.05) is 5.75 Å². The van der Waals surface area contributed by atoms with Crippen molar-refractivity contribution >= 4 is 23.5 Å². The molecule has 108 valence electrons. The van der Waals surface area contributed by atoms with Gasteiger partial charge in [0.25, 0.3) is 0 Å². The molecule has 0 aromatic carbocycles. The minimum Gasteiger partial charge on any atom is -0.307 e. The molecule has 0 radical (unpaired) electrons. The predicted octanol–water partition coefficient (Wildman–Crippen LogP) is 3.26. The SMILES string of the molecule is CC1SCC(c2nc3c(c(C4CC4)n2)CNC3)SC1C. The zero-order chi connectivity index (χ0) is 13.7. The molecule has 3 atom stereocenters. The lowest BCUT2D eigenvalue weighted by Gasteiger charge is -2.30. The van der Waals surface area contributed by atoms with Crippen LogP contribution in [0.15, 0.2) is 0 Å². The number of fused-ring (bicyclic) bond motifs is 1. The number of nitrogens with one attached hydrogen (secondary N) is 1. The first-order chi connectivity index (χ1) is 9.72. The molecular weight excluding hydrogens is 286 g/mol. The molecule has 1 aromatic heterocycles. The molecule has 0 amide bonds. The Morgan fingerprint density at radius 1 is 1.10 bits per heavy atom. The summed E-state index contributed by atoms with van der Waals surface area (Å²) >= 11 is 4.14. The van der Waals surface area contributed by atoms with Gasteiger partial charge in [-0.3, -0.25) is 0 Å². The minimum absolute atomic E-state index is 0.481. The third-order valence-corrected chi connectivity index (χ3v) is 7.93. The summed E-state index contributed by atoms with van der Waals surface area (Å²) < 4.78 is 0. The summed E-state index contributed by atoms with van der Waals surface area (Å²) in [6, 6.07) is 0. The Morgan fingerprint density at radius 2 is 1.95 bits per heavy atom. The first kappa shape index (κ1) is 13.4. The fourth-order valence-electron chi connectivity index (χ4n) is 2.97. The lowest BCUT2D eigenvalue weighted by Crippen LogP contribution is -2.23. The van der Waals surface area contributed by atoms with E-state index >= 15 is 0 Å². The monoisotopic (exact) mass is 307 g/mol. The summed E-state index contributed by atoms with van der Waals surface area (Å²) in [6.07, 6.45) is 2.64. The second-order valence-corrected chi connectivity index (χ2v) is 9.13. The van der Waals surface area contributed by atoms with Crippen LogP contribution in [0.3, 0.4) is 0 Å². The summed E-state index contributed by atoms with van der Waals surface area (Å²) in [4.78, 5) is 9.90. The van der Waals surface area contributed by atoms with Crippen LogP contribution in [0.1, 0.15) is 60.6 Å². The largest absolute Gasteiger partial charge is 0.307 e. The van der Waals surface area contributed by atoms with E-state index in [4.69, 9.17) is 9.97 Å². The van der Waals surface area contributed by atoms with E-state index in [1.165, 1.54) is 29.8 Å². The van der Waals surface area contributed by atoms with Gasteiger partial charge in [-0.15, -0.1) is 11.8 Å². The van der Waals surface area contributed by atoms with Gasteiger partial charge in [0, 0.05) is 40.8 Å². The van der Waals surface area contributed by atoms with Crippen molar-refractivity contribution < 1.29 is 0 Å². The molecule has 0 spiro atoms. The maximum atomic E-state index is 5.00. The van der Waals surface area contributed by atoms with Crippen LogP contribution in [0.4, 0.5) is 0 Å². The van der Waals surface area contributed by atoms with E-state index in [0.29, 0.717) is 10.5 Å². The number of nitrogens with zero attached hydrogens (tertiary/aromatic N) is 2. The van der Waals surface area contributed by atoms with Gasteiger partial charge in [-0.1, -0.05) is 13.8 Å². The number of hydrogen-bond acceptors (Lipinski definition) is 5. The van der Waals surface area contributed by atoms with E-state index in [2.05, 4.69) is 42.7 Å². The van der Waals surface area contributed by atoms with Crippen molar-refractivity contribution in [3.63, 3.8) is 0 Å². The molecule has 3 unspecified atom stereocenters. The third kappa shape index (κ3) is 2.38. The maximum absolute atomic E-state index is 5.00. The van der Waals surface area contributed by atoms with E-state index in [9.17, 15) is 0 Å². The first-order valence-electron chi connectivity index (χ1n) is 7.59. The lowest BCUT2D eigenvalue weighted by molar-refractivity contribution is 0.754. The van der Waals surface area contributed by atoms with E-state index < -0.39 is 0 Å². The molecule has 0 bridgehead atoms. The predicted molar refractivity (Wildman–Crippen MR) is 86.3 cm³/mol. The highest BCUT2D eigenvalue weighted by molar-refractivity contribution is 8.07. The smallest absolute Gasteiger partial charge is 0.142 e. The Morgan fingerprint density at radius 3 is 2.70 bits per heavy atom. The highest BCUT2D eigenvalue weighted by Gasteiger charge is 2.34. The quantitative estimate of drug-likeness (QED) is 0.908. The van der Waals surface area contributed by atoms with Crippen molar-refractivity contribution in [1.29, 1.82) is 0 Å². The van der Waals surface area contributed by atoms with Gasteiger partial charge in [-0.05, 0) is 12.8 Å². The fraction of sp³-hybridized carbons (Fsp3) is 0.733. The topological polar surface area (TPSA) is 37.8 Å². The molecule has 2 fully saturated rings. The van der Waals surface area contributed by atoms with Gasteiger partial charge < -0.3 is 5.32 Å². The lowest BCUT2D eigenvalue weighted by atomic mass is 10.1. The molecule has 1 aliphatic carbocycles. The van der Waals surface area contributed by atoms with Crippen LogP contribution >= 0.6 is 23.5 Å². The van der Waals surface area contributed by atoms with E-state index in [-0.39, 0.29) is 0 Å². The molecule has 5 heteroatoms. The molecule has 4 rings (SSSR count). The van der Waals surface area contributed by atoms with Crippen LogP contribution in [0, 0.1) is 0 Å². The normalized spacial score (nSPS) is 33.2. The van der Waals surface area contributed by atoms with E-state index in [1.807, 2.05) is 0 Å². The summed E-state index contributed by atoms with van der Waals surface area (Å²) in [6.45, 7) is 6.58. The van der Waals surface area contributed by atoms with Crippen LogP contribution in [0.25, 0.3) is 0 Å². The zero-order valence-corrected chi connectivity index (χ0v) is 13.7. The third-order valence-electron chi connectivity index (χ3n) is 4.54. The molecule has 1 aromatic rings. The van der Waals surface area contributed by atoms with Crippen molar-refractivity contribution in [3.05, 3.63) is 22.8 Å². The van der Waals surface area contributed by atoms with Gasteiger partial charge in [0.15, 0.2) is 0 Å². The van der Waals surface area contributed by atoms with Crippen LogP contribution < -0.4 is 5.32 Å². The highest BCUT2D eigenvalue weighted by atomic mass is 32.2. The fourth-order valence-corrected chi connectivity index (χ4v) is 5.81. The second kappa shape index (κ2) is 5.18. The minimum atomic E-state index is 0.481.